The molecule has 1 amide bonds. The summed E-state index contributed by atoms with van der Waals surface area (Å²) in [6.07, 6.45) is 0.0460. The zero-order chi connectivity index (χ0) is 13.1. The lowest BCUT2D eigenvalue weighted by atomic mass is 10.3. The molecule has 1 aliphatic rings. The third-order valence-corrected chi connectivity index (χ3v) is 5.87. The van der Waals surface area contributed by atoms with E-state index < -0.39 is 15.9 Å². The van der Waals surface area contributed by atoms with Crippen molar-refractivity contribution in [2.24, 2.45) is 0 Å². The van der Waals surface area contributed by atoms with Crippen LogP contribution in [0.5, 0.6) is 0 Å². The van der Waals surface area contributed by atoms with Gasteiger partial charge in [0, 0.05) is 11.3 Å². The molecule has 0 saturated carbocycles. The van der Waals surface area contributed by atoms with Crippen LogP contribution in [-0.4, -0.2) is 54.1 Å². The Morgan fingerprint density at radius 3 is 2.65 bits per heavy atom. The summed E-state index contributed by atoms with van der Waals surface area (Å²) in [7, 11) is -2.95. The molecule has 3 unspecified atom stereocenters. The van der Waals surface area contributed by atoms with E-state index in [4.69, 9.17) is 0 Å². The molecule has 0 spiro atoms. The van der Waals surface area contributed by atoms with Gasteiger partial charge in [0.2, 0.25) is 5.91 Å². The summed E-state index contributed by atoms with van der Waals surface area (Å²) in [5.41, 5.74) is 0. The molecule has 0 aromatic carbocycles. The summed E-state index contributed by atoms with van der Waals surface area (Å²) < 4.78 is 22.4. The number of nitrogens with one attached hydrogen (secondary N) is 1. The first-order valence-electron chi connectivity index (χ1n) is 5.59. The fraction of sp³-hybridized carbons (Fsp3) is 0.900. The molecule has 1 rings (SSSR count). The van der Waals surface area contributed by atoms with E-state index in [0.717, 1.165) is 0 Å². The Bertz CT molecular complexity index is 367. The molecule has 3 atom stereocenters. The number of carbonyl (C=O) groups is 1. The van der Waals surface area contributed by atoms with Crippen LogP contribution in [-0.2, 0) is 14.6 Å². The normalized spacial score (nSPS) is 26.4. The molecule has 0 radical (unpaired) electrons. The lowest BCUT2D eigenvalue weighted by molar-refractivity contribution is -0.119. The maximum absolute atomic E-state index is 11.5. The molecule has 0 bridgehead atoms. The summed E-state index contributed by atoms with van der Waals surface area (Å²) in [4.78, 5) is 11.5. The van der Waals surface area contributed by atoms with Gasteiger partial charge in [-0.05, 0) is 13.3 Å². The predicted molar refractivity (Wildman–Crippen MR) is 68.8 cm³/mol. The number of amides is 1. The van der Waals surface area contributed by atoms with Crippen LogP contribution in [0.15, 0.2) is 0 Å². The average Bonchev–Trinajstić information content (AvgIpc) is 2.54. The number of sulfone groups is 1. The van der Waals surface area contributed by atoms with Crippen molar-refractivity contribution < 1.29 is 18.3 Å². The highest BCUT2D eigenvalue weighted by molar-refractivity contribution is 8.00. The van der Waals surface area contributed by atoms with Crippen LogP contribution in [0.4, 0.5) is 0 Å². The zero-order valence-corrected chi connectivity index (χ0v) is 11.7. The van der Waals surface area contributed by atoms with Crippen molar-refractivity contribution >= 4 is 27.5 Å². The smallest absolute Gasteiger partial charge is 0.230 e. The predicted octanol–water partition coefficient (Wildman–Crippen LogP) is -0.208. The highest BCUT2D eigenvalue weighted by atomic mass is 32.2. The summed E-state index contributed by atoms with van der Waals surface area (Å²) >= 11 is 1.36. The lowest BCUT2D eigenvalue weighted by Gasteiger charge is -2.15. The molecule has 1 heterocycles. The molecular weight excluding hydrogens is 262 g/mol. The first-order valence-corrected chi connectivity index (χ1v) is 8.46. The summed E-state index contributed by atoms with van der Waals surface area (Å²) in [6.45, 7) is 3.53. The minimum Gasteiger partial charge on any atom is -0.392 e. The quantitative estimate of drug-likeness (QED) is 0.729. The Kier molecular flexibility index (Phi) is 5.27. The van der Waals surface area contributed by atoms with Gasteiger partial charge in [-0.1, -0.05) is 6.92 Å². The van der Waals surface area contributed by atoms with Crippen molar-refractivity contribution in [1.29, 1.82) is 0 Å². The molecular formula is C10H19NO4S2. The second-order valence-corrected chi connectivity index (χ2v) is 8.02. The van der Waals surface area contributed by atoms with Gasteiger partial charge in [-0.3, -0.25) is 4.79 Å². The molecule has 17 heavy (non-hydrogen) atoms. The maximum Gasteiger partial charge on any atom is 0.230 e. The van der Waals surface area contributed by atoms with Gasteiger partial charge in [0.15, 0.2) is 9.84 Å². The van der Waals surface area contributed by atoms with Crippen LogP contribution < -0.4 is 5.32 Å². The van der Waals surface area contributed by atoms with Crippen molar-refractivity contribution in [1.82, 2.24) is 5.32 Å². The van der Waals surface area contributed by atoms with Crippen molar-refractivity contribution in [2.75, 3.05) is 17.3 Å². The second kappa shape index (κ2) is 6.06. The van der Waals surface area contributed by atoms with Crippen LogP contribution in [0.25, 0.3) is 0 Å². The minimum absolute atomic E-state index is 0.00643. The molecule has 7 heteroatoms. The van der Waals surface area contributed by atoms with Gasteiger partial charge in [0.1, 0.15) is 0 Å². The van der Waals surface area contributed by atoms with Gasteiger partial charge in [-0.2, -0.15) is 0 Å². The van der Waals surface area contributed by atoms with Crippen molar-refractivity contribution in [3.63, 3.8) is 0 Å². The molecule has 0 aromatic rings. The van der Waals surface area contributed by atoms with E-state index in [1.807, 2.05) is 6.92 Å². The van der Waals surface area contributed by atoms with Crippen molar-refractivity contribution in [3.05, 3.63) is 0 Å². The number of hydrogen-bond acceptors (Lipinski definition) is 5. The van der Waals surface area contributed by atoms with E-state index in [1.54, 1.807) is 6.92 Å². The Morgan fingerprint density at radius 1 is 1.53 bits per heavy atom. The third-order valence-electron chi connectivity index (χ3n) is 2.75. The van der Waals surface area contributed by atoms with Gasteiger partial charge in [-0.25, -0.2) is 8.42 Å². The van der Waals surface area contributed by atoms with Crippen molar-refractivity contribution in [3.8, 4) is 0 Å². The summed E-state index contributed by atoms with van der Waals surface area (Å²) in [5, 5.41) is 12.0. The number of hydrogen-bond donors (Lipinski definition) is 2. The van der Waals surface area contributed by atoms with Gasteiger partial charge in [-0.15, -0.1) is 11.8 Å². The Morgan fingerprint density at radius 2 is 2.18 bits per heavy atom. The largest absolute Gasteiger partial charge is 0.392 e. The number of aliphatic hydroxyl groups is 1. The third kappa shape index (κ3) is 5.27. The van der Waals surface area contributed by atoms with Crippen LogP contribution in [0.1, 0.15) is 20.3 Å². The van der Waals surface area contributed by atoms with E-state index in [9.17, 15) is 18.3 Å². The van der Waals surface area contributed by atoms with Gasteiger partial charge in [0.05, 0.1) is 23.4 Å². The van der Waals surface area contributed by atoms with Crippen molar-refractivity contribution in [2.45, 2.75) is 37.7 Å². The monoisotopic (exact) mass is 281 g/mol. The minimum atomic E-state index is -2.95. The average molecular weight is 281 g/mol. The Hall–Kier alpha value is -0.270. The van der Waals surface area contributed by atoms with Gasteiger partial charge >= 0.3 is 0 Å². The number of rotatable bonds is 5. The standard InChI is InChI=1S/C10H19NO4S2/c1-7(12)8(2)16-5-10(13)11-9-3-4-17(14,15)6-9/h7-9,12H,3-6H2,1-2H3,(H,11,13). The summed E-state index contributed by atoms with van der Waals surface area (Å²) in [5.74, 6) is 0.303. The topological polar surface area (TPSA) is 83.5 Å². The molecule has 1 saturated heterocycles. The first-order chi connectivity index (χ1) is 7.80. The van der Waals surface area contributed by atoms with E-state index in [1.165, 1.54) is 11.8 Å². The molecule has 0 aromatic heterocycles. The van der Waals surface area contributed by atoms with Crippen LogP contribution in [0.3, 0.4) is 0 Å². The highest BCUT2D eigenvalue weighted by Crippen LogP contribution is 2.15. The van der Waals surface area contributed by atoms with E-state index in [0.29, 0.717) is 6.42 Å². The van der Waals surface area contributed by atoms with E-state index >= 15 is 0 Å². The van der Waals surface area contributed by atoms with Crippen LogP contribution >= 0.6 is 11.8 Å². The first kappa shape index (κ1) is 14.8. The maximum atomic E-state index is 11.5. The van der Waals surface area contributed by atoms with Crippen LogP contribution in [0.2, 0.25) is 0 Å². The molecule has 100 valence electrons. The Labute approximate surface area is 106 Å². The summed E-state index contributed by atoms with van der Waals surface area (Å²) in [6, 6.07) is -0.241. The van der Waals surface area contributed by atoms with E-state index in [2.05, 4.69) is 5.32 Å². The molecule has 2 N–H and O–H groups in total. The fourth-order valence-corrected chi connectivity index (χ4v) is 3.97. The second-order valence-electron chi connectivity index (χ2n) is 4.42. The Balaban J connectivity index is 2.27. The number of thioether (sulfide) groups is 1. The molecule has 0 aliphatic carbocycles. The number of aliphatic hydroxyl groups excluding tert-OH is 1. The van der Waals surface area contributed by atoms with Gasteiger partial charge in [0.25, 0.3) is 0 Å². The fourth-order valence-electron chi connectivity index (χ4n) is 1.52. The molecule has 5 nitrogen and oxygen atoms in total. The zero-order valence-electron chi connectivity index (χ0n) is 10.0. The SMILES string of the molecule is CC(O)C(C)SCC(=O)NC1CCS(=O)(=O)C1. The molecule has 1 aliphatic heterocycles. The van der Waals surface area contributed by atoms with E-state index in [-0.39, 0.29) is 34.5 Å². The van der Waals surface area contributed by atoms with Crippen LogP contribution in [0, 0.1) is 0 Å². The highest BCUT2D eigenvalue weighted by Gasteiger charge is 2.28. The molecule has 1 fully saturated rings. The van der Waals surface area contributed by atoms with Gasteiger partial charge < -0.3 is 10.4 Å². The number of carbonyl (C=O) groups excluding carboxylic acids is 1. The lowest BCUT2D eigenvalue weighted by Crippen LogP contribution is -2.37.